The maximum absolute atomic E-state index is 10.9. The van der Waals surface area contributed by atoms with E-state index < -0.39 is 9.05 Å². The van der Waals surface area contributed by atoms with Crippen LogP contribution in [0.25, 0.3) is 11.0 Å². The van der Waals surface area contributed by atoms with Gasteiger partial charge in [0.25, 0.3) is 9.05 Å². The molecule has 1 heterocycles. The van der Waals surface area contributed by atoms with E-state index >= 15 is 0 Å². The van der Waals surface area contributed by atoms with E-state index in [9.17, 15) is 8.42 Å². The zero-order valence-electron chi connectivity index (χ0n) is 6.77. The highest BCUT2D eigenvalue weighted by Gasteiger charge is 2.16. The van der Waals surface area contributed by atoms with Crippen molar-refractivity contribution in [3.8, 4) is 5.75 Å². The molecule has 0 spiro atoms. The number of benzene rings is 1. The summed E-state index contributed by atoms with van der Waals surface area (Å²) in [7, 11) is 1.23. The van der Waals surface area contributed by atoms with Crippen LogP contribution < -0.4 is 0 Å². The van der Waals surface area contributed by atoms with Crippen molar-refractivity contribution in [2.45, 2.75) is 5.09 Å². The second kappa shape index (κ2) is 2.90. The minimum absolute atomic E-state index is 0.0387. The lowest BCUT2D eigenvalue weighted by atomic mass is 10.2. The zero-order chi connectivity index (χ0) is 10.3. The Kier molecular flexibility index (Phi) is 1.94. The summed E-state index contributed by atoms with van der Waals surface area (Å²) in [5.74, 6) is 0.0387. The maximum atomic E-state index is 10.9. The molecular weight excluding hydrogens is 228 g/mol. The molecule has 2 aromatic rings. The largest absolute Gasteiger partial charge is 0.508 e. The van der Waals surface area contributed by atoms with E-state index in [4.69, 9.17) is 20.2 Å². The van der Waals surface area contributed by atoms with Crippen LogP contribution in [0.5, 0.6) is 5.75 Å². The van der Waals surface area contributed by atoms with Gasteiger partial charge in [-0.2, -0.15) is 0 Å². The maximum Gasteiger partial charge on any atom is 0.294 e. The zero-order valence-corrected chi connectivity index (χ0v) is 8.34. The molecule has 0 atom stereocenters. The molecule has 4 nitrogen and oxygen atoms in total. The highest BCUT2D eigenvalue weighted by molar-refractivity contribution is 8.13. The van der Waals surface area contributed by atoms with E-state index in [2.05, 4.69) is 0 Å². The summed E-state index contributed by atoms with van der Waals surface area (Å²) in [6.45, 7) is 0. The van der Waals surface area contributed by atoms with Crippen LogP contribution in [0.3, 0.4) is 0 Å². The average molecular weight is 233 g/mol. The van der Waals surface area contributed by atoms with Crippen molar-refractivity contribution < 1.29 is 17.9 Å². The van der Waals surface area contributed by atoms with E-state index in [1.54, 1.807) is 0 Å². The molecule has 2 rings (SSSR count). The van der Waals surface area contributed by atoms with E-state index in [0.29, 0.717) is 11.0 Å². The van der Waals surface area contributed by atoms with Gasteiger partial charge in [-0.1, -0.05) is 0 Å². The van der Waals surface area contributed by atoms with Gasteiger partial charge in [-0.25, -0.2) is 8.42 Å². The number of rotatable bonds is 1. The van der Waals surface area contributed by atoms with Crippen molar-refractivity contribution in [3.63, 3.8) is 0 Å². The normalized spacial score (nSPS) is 12.1. The van der Waals surface area contributed by atoms with Gasteiger partial charge in [0.1, 0.15) is 11.3 Å². The molecule has 74 valence electrons. The van der Waals surface area contributed by atoms with E-state index in [1.807, 2.05) is 0 Å². The first-order valence-electron chi connectivity index (χ1n) is 3.64. The molecule has 6 heteroatoms. The van der Waals surface area contributed by atoms with Gasteiger partial charge in [0.05, 0.1) is 0 Å². The SMILES string of the molecule is O=S(=O)(Cl)c1cc2cc(O)ccc2o1. The van der Waals surface area contributed by atoms with Crippen LogP contribution in [0, 0.1) is 0 Å². The first-order chi connectivity index (χ1) is 6.47. The van der Waals surface area contributed by atoms with Crippen LogP contribution in [0.15, 0.2) is 33.8 Å². The lowest BCUT2D eigenvalue weighted by Crippen LogP contribution is -1.84. The number of hydrogen-bond donors (Lipinski definition) is 1. The molecule has 0 fully saturated rings. The molecule has 0 radical (unpaired) electrons. The monoisotopic (exact) mass is 232 g/mol. The highest BCUT2D eigenvalue weighted by Crippen LogP contribution is 2.27. The molecule has 0 bridgehead atoms. The van der Waals surface area contributed by atoms with Gasteiger partial charge in [0, 0.05) is 22.1 Å². The summed E-state index contributed by atoms with van der Waals surface area (Å²) in [5.41, 5.74) is 0.363. The van der Waals surface area contributed by atoms with Crippen LogP contribution in [0.4, 0.5) is 0 Å². The third kappa shape index (κ3) is 1.56. The number of phenols is 1. The number of furan rings is 1. The van der Waals surface area contributed by atoms with Gasteiger partial charge in [0.2, 0.25) is 5.09 Å². The Balaban J connectivity index is 2.75. The minimum atomic E-state index is -3.85. The Labute approximate surface area is 84.1 Å². The molecule has 0 aliphatic carbocycles. The van der Waals surface area contributed by atoms with Crippen molar-refractivity contribution in [2.75, 3.05) is 0 Å². The first-order valence-corrected chi connectivity index (χ1v) is 5.95. The van der Waals surface area contributed by atoms with Crippen LogP contribution in [-0.4, -0.2) is 13.5 Å². The topological polar surface area (TPSA) is 67.5 Å². The molecular formula is C8H5ClO4S. The molecule has 0 aliphatic rings. The Bertz CT molecular complexity index is 584. The summed E-state index contributed by atoms with van der Waals surface area (Å²) in [5, 5.41) is 9.29. The number of fused-ring (bicyclic) bond motifs is 1. The van der Waals surface area contributed by atoms with Crippen molar-refractivity contribution in [1.82, 2.24) is 0 Å². The van der Waals surface area contributed by atoms with Crippen LogP contribution >= 0.6 is 10.7 Å². The smallest absolute Gasteiger partial charge is 0.294 e. The molecule has 0 amide bonds. The second-order valence-corrected chi connectivity index (χ2v) is 5.22. The Morgan fingerprint density at radius 2 is 2.00 bits per heavy atom. The standard InChI is InChI=1S/C8H5ClO4S/c9-14(11,12)8-4-5-3-6(10)1-2-7(5)13-8/h1-4,10H. The van der Waals surface area contributed by atoms with Crippen LogP contribution in [0.2, 0.25) is 0 Å². The summed E-state index contributed by atoms with van der Waals surface area (Å²) in [6.07, 6.45) is 0. The van der Waals surface area contributed by atoms with Crippen molar-refractivity contribution in [2.24, 2.45) is 0 Å². The van der Waals surface area contributed by atoms with Crippen LogP contribution in [0.1, 0.15) is 0 Å². The Hall–Kier alpha value is -1.20. The lowest BCUT2D eigenvalue weighted by Gasteiger charge is -1.88. The van der Waals surface area contributed by atoms with Gasteiger partial charge in [0.15, 0.2) is 0 Å². The summed E-state index contributed by atoms with van der Waals surface area (Å²) < 4.78 is 26.7. The van der Waals surface area contributed by atoms with Gasteiger partial charge < -0.3 is 9.52 Å². The molecule has 1 N–H and O–H groups in total. The number of aromatic hydroxyl groups is 1. The number of halogens is 1. The quantitative estimate of drug-likeness (QED) is 0.765. The first kappa shape index (κ1) is 9.36. The average Bonchev–Trinajstić information content (AvgIpc) is 2.45. The third-order valence-corrected chi connectivity index (χ3v) is 2.86. The van der Waals surface area contributed by atoms with Gasteiger partial charge in [-0.05, 0) is 18.2 Å². The van der Waals surface area contributed by atoms with Gasteiger partial charge >= 0.3 is 0 Å². The van der Waals surface area contributed by atoms with Crippen molar-refractivity contribution >= 4 is 30.7 Å². The molecule has 14 heavy (non-hydrogen) atoms. The number of hydrogen-bond acceptors (Lipinski definition) is 4. The predicted molar refractivity (Wildman–Crippen MR) is 50.9 cm³/mol. The molecule has 1 aromatic heterocycles. The molecule has 0 saturated heterocycles. The van der Waals surface area contributed by atoms with Gasteiger partial charge in [-0.15, -0.1) is 0 Å². The summed E-state index contributed by atoms with van der Waals surface area (Å²) >= 11 is 0. The fourth-order valence-corrected chi connectivity index (χ4v) is 1.81. The highest BCUT2D eigenvalue weighted by atomic mass is 35.7. The fourth-order valence-electron chi connectivity index (χ4n) is 1.13. The fraction of sp³-hybridized carbons (Fsp3) is 0. The van der Waals surface area contributed by atoms with Crippen molar-refractivity contribution in [1.29, 1.82) is 0 Å². The Morgan fingerprint density at radius 3 is 2.64 bits per heavy atom. The van der Waals surface area contributed by atoms with Crippen molar-refractivity contribution in [3.05, 3.63) is 24.3 Å². The summed E-state index contributed by atoms with van der Waals surface area (Å²) in [6, 6.07) is 5.52. The minimum Gasteiger partial charge on any atom is -0.508 e. The van der Waals surface area contributed by atoms with Gasteiger partial charge in [-0.3, -0.25) is 0 Å². The number of phenolic OH excluding ortho intramolecular Hbond substituents is 1. The summed E-state index contributed by atoms with van der Waals surface area (Å²) in [4.78, 5) is 0. The molecule has 0 unspecified atom stereocenters. The van der Waals surface area contributed by atoms with E-state index in [0.717, 1.165) is 0 Å². The predicted octanol–water partition coefficient (Wildman–Crippen LogP) is 2.07. The molecule has 0 aliphatic heterocycles. The lowest BCUT2D eigenvalue weighted by molar-refractivity contribution is 0.474. The molecule has 1 aromatic carbocycles. The van der Waals surface area contributed by atoms with E-state index in [1.165, 1.54) is 24.3 Å². The Morgan fingerprint density at radius 1 is 1.29 bits per heavy atom. The van der Waals surface area contributed by atoms with Crippen LogP contribution in [-0.2, 0) is 9.05 Å². The van der Waals surface area contributed by atoms with E-state index in [-0.39, 0.29) is 10.8 Å². The molecule has 0 saturated carbocycles. The second-order valence-electron chi connectivity index (χ2n) is 2.73. The third-order valence-electron chi connectivity index (χ3n) is 1.72.